The number of hydrogen-bond acceptors (Lipinski definition) is 6. The van der Waals surface area contributed by atoms with Gasteiger partial charge in [0, 0.05) is 11.3 Å². The number of carbonyl (C=O) groups excluding carboxylic acids is 1. The Balaban J connectivity index is 1.46. The number of hydrogen-bond donors (Lipinski definition) is 3. The van der Waals surface area contributed by atoms with Crippen molar-refractivity contribution in [3.63, 3.8) is 0 Å². The van der Waals surface area contributed by atoms with Crippen molar-refractivity contribution in [1.29, 1.82) is 0 Å². The van der Waals surface area contributed by atoms with E-state index in [2.05, 4.69) is 15.2 Å². The van der Waals surface area contributed by atoms with Crippen LogP contribution >= 0.6 is 0 Å². The van der Waals surface area contributed by atoms with Gasteiger partial charge < -0.3 is 14.9 Å². The number of carboxylic acid groups (broad SMARTS) is 1. The summed E-state index contributed by atoms with van der Waals surface area (Å²) < 4.78 is 32.5. The number of fused-ring (bicyclic) bond motifs is 2. The highest BCUT2D eigenvalue weighted by molar-refractivity contribution is 7.92. The maximum atomic E-state index is 12.8. The zero-order valence-electron chi connectivity index (χ0n) is 16.6. The molecule has 1 aromatic carbocycles. The molecule has 0 saturated heterocycles. The summed E-state index contributed by atoms with van der Waals surface area (Å²) in [5, 5.41) is 16.0. The third-order valence-electron chi connectivity index (χ3n) is 6.32. The molecule has 0 spiro atoms. The fourth-order valence-electron chi connectivity index (χ4n) is 4.66. The number of carbonyl (C=O) groups is 2. The summed E-state index contributed by atoms with van der Waals surface area (Å²) in [6.07, 6.45) is 2.50. The lowest BCUT2D eigenvalue weighted by Gasteiger charge is -2.27. The molecule has 3 N–H and O–H groups in total. The summed E-state index contributed by atoms with van der Waals surface area (Å²) in [6, 6.07) is 5.69. The first kappa shape index (κ1) is 20.4. The van der Waals surface area contributed by atoms with Gasteiger partial charge >= 0.3 is 5.97 Å². The van der Waals surface area contributed by atoms with Crippen molar-refractivity contribution in [3.05, 3.63) is 35.5 Å². The minimum absolute atomic E-state index is 0.00251. The van der Waals surface area contributed by atoms with Crippen molar-refractivity contribution in [1.82, 2.24) is 5.16 Å². The van der Waals surface area contributed by atoms with Crippen molar-refractivity contribution in [2.75, 3.05) is 10.0 Å². The molecule has 9 nitrogen and oxygen atoms in total. The average Bonchev–Trinajstić information content (AvgIpc) is 3.39. The zero-order chi connectivity index (χ0) is 21.6. The molecule has 0 aliphatic heterocycles. The molecule has 2 aliphatic carbocycles. The summed E-state index contributed by atoms with van der Waals surface area (Å²) in [6.45, 7) is 3.40. The van der Waals surface area contributed by atoms with Crippen LogP contribution in [0.25, 0.3) is 0 Å². The second-order valence-corrected chi connectivity index (χ2v) is 9.75. The van der Waals surface area contributed by atoms with Crippen LogP contribution in [-0.4, -0.2) is 30.6 Å². The molecule has 1 amide bonds. The van der Waals surface area contributed by atoms with Gasteiger partial charge in [0.25, 0.3) is 10.0 Å². The van der Waals surface area contributed by atoms with Crippen LogP contribution in [0.2, 0.25) is 0 Å². The van der Waals surface area contributed by atoms with Crippen LogP contribution in [0, 0.1) is 37.5 Å². The molecule has 0 unspecified atom stereocenters. The van der Waals surface area contributed by atoms with Gasteiger partial charge in [-0.2, -0.15) is 0 Å². The standard InChI is InChI=1S/C20H23N3O6S/c1-10-11(2)22-29-19(10)23-30(27,28)15-7-5-14(6-8-15)21-18(24)16-12-3-4-13(9-12)17(16)20(25)26/h5-8,12-13,16-17,23H,3-4,9H2,1-2H3,(H,21,24)(H,25,26)/t12-,13-,16-,17+/m0/s1. The number of aromatic nitrogens is 1. The molecule has 10 heteroatoms. The Bertz CT molecular complexity index is 1090. The van der Waals surface area contributed by atoms with Crippen molar-refractivity contribution in [2.45, 2.75) is 38.0 Å². The maximum absolute atomic E-state index is 12.8. The lowest BCUT2D eigenvalue weighted by atomic mass is 9.78. The number of nitrogens with zero attached hydrogens (tertiary/aromatic N) is 1. The van der Waals surface area contributed by atoms with Crippen molar-refractivity contribution in [3.8, 4) is 0 Å². The van der Waals surface area contributed by atoms with E-state index >= 15 is 0 Å². The predicted octanol–water partition coefficient (Wildman–Crippen LogP) is 2.78. The highest BCUT2D eigenvalue weighted by atomic mass is 32.2. The van der Waals surface area contributed by atoms with Gasteiger partial charge in [0.15, 0.2) is 0 Å². The van der Waals surface area contributed by atoms with Crippen LogP contribution in [-0.2, 0) is 19.6 Å². The first-order chi connectivity index (χ1) is 14.2. The molecule has 1 aromatic heterocycles. The van der Waals surface area contributed by atoms with E-state index in [4.69, 9.17) is 4.52 Å². The van der Waals surface area contributed by atoms with Crippen LogP contribution < -0.4 is 10.0 Å². The quantitative estimate of drug-likeness (QED) is 0.636. The van der Waals surface area contributed by atoms with Crippen LogP contribution in [0.1, 0.15) is 30.5 Å². The van der Waals surface area contributed by atoms with Crippen molar-refractivity contribution < 1.29 is 27.6 Å². The molecule has 2 aliphatic rings. The van der Waals surface area contributed by atoms with Gasteiger partial charge in [-0.3, -0.25) is 9.59 Å². The molecule has 4 atom stereocenters. The zero-order valence-corrected chi connectivity index (χ0v) is 17.4. The van der Waals surface area contributed by atoms with Gasteiger partial charge in [0.05, 0.1) is 22.4 Å². The minimum atomic E-state index is -3.88. The van der Waals surface area contributed by atoms with E-state index in [9.17, 15) is 23.1 Å². The normalized spacial score (nSPS) is 25.3. The smallest absolute Gasteiger partial charge is 0.307 e. The number of aryl methyl sites for hydroxylation is 1. The van der Waals surface area contributed by atoms with E-state index in [1.54, 1.807) is 13.8 Å². The lowest BCUT2D eigenvalue weighted by Crippen LogP contribution is -2.37. The number of sulfonamides is 1. The summed E-state index contributed by atoms with van der Waals surface area (Å²) in [5.74, 6) is -2.24. The predicted molar refractivity (Wildman–Crippen MR) is 107 cm³/mol. The fraction of sp³-hybridized carbons (Fsp3) is 0.450. The lowest BCUT2D eigenvalue weighted by molar-refractivity contribution is -0.148. The third kappa shape index (κ3) is 3.55. The summed E-state index contributed by atoms with van der Waals surface area (Å²) in [4.78, 5) is 24.4. The van der Waals surface area contributed by atoms with E-state index in [0.29, 0.717) is 16.9 Å². The second kappa shape index (κ2) is 7.42. The summed E-state index contributed by atoms with van der Waals surface area (Å²) in [5.41, 5.74) is 1.60. The Kier molecular flexibility index (Phi) is 5.05. The number of rotatable bonds is 6. The SMILES string of the molecule is Cc1noc(NS(=O)(=O)c2ccc(NC(=O)[C@H]3[C@H]4CC[C@@H](C4)[C@H]3C(=O)O)cc2)c1C. The number of anilines is 2. The monoisotopic (exact) mass is 433 g/mol. The first-order valence-corrected chi connectivity index (χ1v) is 11.2. The Morgan fingerprint density at radius 2 is 1.73 bits per heavy atom. The van der Waals surface area contributed by atoms with Gasteiger partial charge in [-0.25, -0.2) is 13.1 Å². The van der Waals surface area contributed by atoms with E-state index in [1.165, 1.54) is 24.3 Å². The van der Waals surface area contributed by atoms with Crippen LogP contribution in [0.15, 0.2) is 33.7 Å². The Hall–Kier alpha value is -2.88. The van der Waals surface area contributed by atoms with Gasteiger partial charge in [-0.15, -0.1) is 0 Å². The van der Waals surface area contributed by atoms with E-state index in [-0.39, 0.29) is 28.5 Å². The summed E-state index contributed by atoms with van der Waals surface area (Å²) in [7, 11) is -3.88. The molecule has 1 heterocycles. The Labute approximate surface area is 173 Å². The highest BCUT2D eigenvalue weighted by Crippen LogP contribution is 2.52. The fourth-order valence-corrected chi connectivity index (χ4v) is 5.71. The molecular weight excluding hydrogens is 410 g/mol. The number of benzene rings is 1. The third-order valence-corrected chi connectivity index (χ3v) is 7.67. The number of nitrogens with one attached hydrogen (secondary N) is 2. The number of amides is 1. The molecule has 4 rings (SSSR count). The second-order valence-electron chi connectivity index (χ2n) is 8.06. The van der Waals surface area contributed by atoms with Crippen molar-refractivity contribution in [2.24, 2.45) is 23.7 Å². The van der Waals surface area contributed by atoms with Gasteiger partial charge in [0.2, 0.25) is 11.8 Å². The first-order valence-electron chi connectivity index (χ1n) is 9.77. The summed E-state index contributed by atoms with van der Waals surface area (Å²) >= 11 is 0. The van der Waals surface area contributed by atoms with E-state index in [0.717, 1.165) is 19.3 Å². The topological polar surface area (TPSA) is 139 Å². The van der Waals surface area contributed by atoms with Crippen LogP contribution in [0.5, 0.6) is 0 Å². The molecule has 2 saturated carbocycles. The molecular formula is C20H23N3O6S. The largest absolute Gasteiger partial charge is 0.481 e. The molecule has 2 aromatic rings. The minimum Gasteiger partial charge on any atom is -0.481 e. The van der Waals surface area contributed by atoms with Crippen LogP contribution in [0.4, 0.5) is 11.6 Å². The molecule has 2 bridgehead atoms. The van der Waals surface area contributed by atoms with Crippen LogP contribution in [0.3, 0.4) is 0 Å². The highest BCUT2D eigenvalue weighted by Gasteiger charge is 2.53. The van der Waals surface area contributed by atoms with Gasteiger partial charge in [0.1, 0.15) is 0 Å². The number of aliphatic carboxylic acids is 1. The maximum Gasteiger partial charge on any atom is 0.307 e. The molecule has 0 radical (unpaired) electrons. The van der Waals surface area contributed by atoms with E-state index < -0.39 is 27.8 Å². The van der Waals surface area contributed by atoms with Gasteiger partial charge in [-0.05, 0) is 69.2 Å². The Morgan fingerprint density at radius 1 is 1.10 bits per heavy atom. The van der Waals surface area contributed by atoms with E-state index in [1.807, 2.05) is 0 Å². The van der Waals surface area contributed by atoms with Crippen molar-refractivity contribution >= 4 is 33.5 Å². The molecule has 2 fully saturated rings. The molecule has 160 valence electrons. The number of carboxylic acids is 1. The average molecular weight is 433 g/mol. The molecule has 30 heavy (non-hydrogen) atoms. The van der Waals surface area contributed by atoms with Gasteiger partial charge in [-0.1, -0.05) is 5.16 Å². The Morgan fingerprint density at radius 3 is 2.30 bits per heavy atom.